The minimum Gasteiger partial charge on any atom is -0.378 e. The molecule has 6 nitrogen and oxygen atoms in total. The van der Waals surface area contributed by atoms with Crippen LogP contribution in [-0.2, 0) is 16.1 Å². The van der Waals surface area contributed by atoms with Crippen molar-refractivity contribution in [1.29, 1.82) is 0 Å². The number of nitrogens with one attached hydrogen (secondary N) is 1. The van der Waals surface area contributed by atoms with Crippen LogP contribution < -0.4 is 5.32 Å². The molecule has 1 fully saturated rings. The molecule has 1 aliphatic rings. The molecule has 2 aromatic rings. The zero-order valence-electron chi connectivity index (χ0n) is 17.5. The maximum Gasteiger partial charge on any atom is 0.230 e. The van der Waals surface area contributed by atoms with Gasteiger partial charge < -0.3 is 14.6 Å². The number of hydrogen-bond acceptors (Lipinski definition) is 5. The average Bonchev–Trinajstić information content (AvgIpc) is 3.15. The van der Waals surface area contributed by atoms with Gasteiger partial charge in [0.15, 0.2) is 11.0 Å². The Balaban J connectivity index is 1.41. The third kappa shape index (κ3) is 6.31. The van der Waals surface area contributed by atoms with E-state index in [1.807, 2.05) is 12.1 Å². The van der Waals surface area contributed by atoms with E-state index in [2.05, 4.69) is 46.1 Å². The largest absolute Gasteiger partial charge is 0.378 e. The minimum atomic E-state index is 0.0239. The van der Waals surface area contributed by atoms with Gasteiger partial charge in [-0.05, 0) is 38.7 Å². The van der Waals surface area contributed by atoms with Gasteiger partial charge in [-0.25, -0.2) is 0 Å². The van der Waals surface area contributed by atoms with E-state index in [0.29, 0.717) is 18.4 Å². The number of carbonyl (C=O) groups excluding carboxylic acids is 1. The van der Waals surface area contributed by atoms with Gasteiger partial charge in [0.25, 0.3) is 0 Å². The Morgan fingerprint density at radius 2 is 2.03 bits per heavy atom. The SMILES string of the molecule is CCn1c(SCC(=O)NCCCOC2CCCCC2)nnc1-c1ccccc1C. The van der Waals surface area contributed by atoms with Crippen LogP contribution in [0.5, 0.6) is 0 Å². The highest BCUT2D eigenvalue weighted by Crippen LogP contribution is 2.26. The second-order valence-corrected chi connectivity index (χ2v) is 8.43. The summed E-state index contributed by atoms with van der Waals surface area (Å²) < 4.78 is 7.97. The zero-order valence-corrected chi connectivity index (χ0v) is 18.3. The molecular formula is C22H32N4O2S. The molecule has 0 radical (unpaired) electrons. The van der Waals surface area contributed by atoms with Crippen molar-refractivity contribution in [3.63, 3.8) is 0 Å². The fourth-order valence-corrected chi connectivity index (χ4v) is 4.50. The summed E-state index contributed by atoms with van der Waals surface area (Å²) in [5.74, 6) is 1.22. The third-order valence-corrected chi connectivity index (χ3v) is 6.27. The number of thioether (sulfide) groups is 1. The van der Waals surface area contributed by atoms with Crippen molar-refractivity contribution in [2.24, 2.45) is 0 Å². The van der Waals surface area contributed by atoms with Crippen molar-refractivity contribution in [3.05, 3.63) is 29.8 Å². The Morgan fingerprint density at radius 3 is 2.79 bits per heavy atom. The Labute approximate surface area is 177 Å². The van der Waals surface area contributed by atoms with E-state index in [4.69, 9.17) is 4.74 Å². The van der Waals surface area contributed by atoms with Crippen molar-refractivity contribution in [3.8, 4) is 11.4 Å². The van der Waals surface area contributed by atoms with E-state index in [0.717, 1.165) is 36.1 Å². The molecule has 1 heterocycles. The van der Waals surface area contributed by atoms with E-state index >= 15 is 0 Å². The molecule has 0 bridgehead atoms. The summed E-state index contributed by atoms with van der Waals surface area (Å²) in [7, 11) is 0. The first-order chi connectivity index (χ1) is 14.2. The van der Waals surface area contributed by atoms with Crippen LogP contribution in [0.3, 0.4) is 0 Å². The lowest BCUT2D eigenvalue weighted by Crippen LogP contribution is -2.27. The highest BCUT2D eigenvalue weighted by Gasteiger charge is 2.16. The molecule has 158 valence electrons. The highest BCUT2D eigenvalue weighted by molar-refractivity contribution is 7.99. The molecular weight excluding hydrogens is 384 g/mol. The van der Waals surface area contributed by atoms with E-state index in [1.165, 1.54) is 49.4 Å². The first-order valence-corrected chi connectivity index (χ1v) is 11.7. The highest BCUT2D eigenvalue weighted by atomic mass is 32.2. The van der Waals surface area contributed by atoms with Gasteiger partial charge in [0.05, 0.1) is 11.9 Å². The molecule has 0 spiro atoms. The second kappa shape index (κ2) is 11.4. The molecule has 1 N–H and O–H groups in total. The number of aryl methyl sites for hydroxylation is 1. The van der Waals surface area contributed by atoms with Crippen LogP contribution >= 0.6 is 11.8 Å². The van der Waals surface area contributed by atoms with Gasteiger partial charge >= 0.3 is 0 Å². The quantitative estimate of drug-likeness (QED) is 0.464. The lowest BCUT2D eigenvalue weighted by molar-refractivity contribution is -0.118. The lowest BCUT2D eigenvalue weighted by atomic mass is 9.98. The first-order valence-electron chi connectivity index (χ1n) is 10.7. The molecule has 1 aromatic carbocycles. The molecule has 1 amide bonds. The number of hydrogen-bond donors (Lipinski definition) is 1. The molecule has 0 aliphatic heterocycles. The molecule has 29 heavy (non-hydrogen) atoms. The van der Waals surface area contributed by atoms with Gasteiger partial charge in [-0.3, -0.25) is 4.79 Å². The molecule has 7 heteroatoms. The van der Waals surface area contributed by atoms with Crippen LogP contribution in [0.2, 0.25) is 0 Å². The van der Waals surface area contributed by atoms with Crippen LogP contribution in [0.4, 0.5) is 0 Å². The Bertz CT molecular complexity index is 787. The van der Waals surface area contributed by atoms with Gasteiger partial charge in [0, 0.05) is 25.3 Å². The number of carbonyl (C=O) groups is 1. The van der Waals surface area contributed by atoms with Crippen LogP contribution in [0, 0.1) is 6.92 Å². The van der Waals surface area contributed by atoms with E-state index < -0.39 is 0 Å². The summed E-state index contributed by atoms with van der Waals surface area (Å²) in [6, 6.07) is 8.16. The molecule has 0 atom stereocenters. The van der Waals surface area contributed by atoms with Crippen LogP contribution in [0.1, 0.15) is 51.0 Å². The number of ether oxygens (including phenoxy) is 1. The number of aromatic nitrogens is 3. The predicted molar refractivity (Wildman–Crippen MR) is 117 cm³/mol. The summed E-state index contributed by atoms with van der Waals surface area (Å²) in [6.07, 6.45) is 7.57. The molecule has 1 saturated carbocycles. The predicted octanol–water partition coefficient (Wildman–Crippen LogP) is 4.22. The standard InChI is InChI=1S/C22H32N4O2S/c1-3-26-21(19-13-8-7-10-17(19)2)24-25-22(26)29-16-20(27)23-14-9-15-28-18-11-5-4-6-12-18/h7-8,10,13,18H,3-6,9,11-12,14-16H2,1-2H3,(H,23,27). The van der Waals surface area contributed by atoms with Crippen LogP contribution in [0.25, 0.3) is 11.4 Å². The third-order valence-electron chi connectivity index (χ3n) is 5.30. The first kappa shape index (κ1) is 21.8. The van der Waals surface area contributed by atoms with Gasteiger partial charge in [0.2, 0.25) is 5.91 Å². The van der Waals surface area contributed by atoms with E-state index in [-0.39, 0.29) is 5.91 Å². The Morgan fingerprint density at radius 1 is 1.24 bits per heavy atom. The van der Waals surface area contributed by atoms with E-state index in [1.54, 1.807) is 0 Å². The minimum absolute atomic E-state index is 0.0239. The van der Waals surface area contributed by atoms with Crippen molar-refractivity contribution < 1.29 is 9.53 Å². The fraction of sp³-hybridized carbons (Fsp3) is 0.591. The summed E-state index contributed by atoms with van der Waals surface area (Å²) in [4.78, 5) is 12.2. The van der Waals surface area contributed by atoms with E-state index in [9.17, 15) is 4.79 Å². The Hall–Kier alpha value is -1.86. The monoisotopic (exact) mass is 416 g/mol. The second-order valence-electron chi connectivity index (χ2n) is 7.49. The van der Waals surface area contributed by atoms with Crippen molar-refractivity contribution in [2.75, 3.05) is 18.9 Å². The number of amides is 1. The van der Waals surface area contributed by atoms with Crippen LogP contribution in [0.15, 0.2) is 29.4 Å². The van der Waals surface area contributed by atoms with Crippen molar-refractivity contribution in [1.82, 2.24) is 20.1 Å². The molecule has 0 unspecified atom stereocenters. The fourth-order valence-electron chi connectivity index (χ4n) is 3.67. The molecule has 1 aliphatic carbocycles. The molecule has 3 rings (SSSR count). The number of benzene rings is 1. The zero-order chi connectivity index (χ0) is 20.5. The topological polar surface area (TPSA) is 69.0 Å². The smallest absolute Gasteiger partial charge is 0.230 e. The maximum absolute atomic E-state index is 12.2. The average molecular weight is 417 g/mol. The molecule has 0 saturated heterocycles. The number of nitrogens with zero attached hydrogens (tertiary/aromatic N) is 3. The summed E-state index contributed by atoms with van der Waals surface area (Å²) in [5.41, 5.74) is 2.25. The van der Waals surface area contributed by atoms with Gasteiger partial charge in [-0.1, -0.05) is 55.3 Å². The lowest BCUT2D eigenvalue weighted by Gasteiger charge is -2.21. The maximum atomic E-state index is 12.2. The van der Waals surface area contributed by atoms with Crippen LogP contribution in [-0.4, -0.2) is 45.7 Å². The summed E-state index contributed by atoms with van der Waals surface area (Å²) in [6.45, 7) is 6.28. The van der Waals surface area contributed by atoms with Crippen molar-refractivity contribution >= 4 is 17.7 Å². The summed E-state index contributed by atoms with van der Waals surface area (Å²) >= 11 is 1.43. The summed E-state index contributed by atoms with van der Waals surface area (Å²) in [5, 5.41) is 12.4. The van der Waals surface area contributed by atoms with Gasteiger partial charge in [-0.15, -0.1) is 10.2 Å². The van der Waals surface area contributed by atoms with Gasteiger partial charge in [-0.2, -0.15) is 0 Å². The normalized spacial score (nSPS) is 14.8. The Kier molecular flexibility index (Phi) is 8.55. The molecule has 1 aromatic heterocycles. The number of rotatable bonds is 10. The van der Waals surface area contributed by atoms with Crippen molar-refractivity contribution in [2.45, 2.75) is 70.2 Å². The van der Waals surface area contributed by atoms with Gasteiger partial charge in [0.1, 0.15) is 0 Å².